The lowest BCUT2D eigenvalue weighted by Crippen LogP contribution is -2.39. The zero-order valence-electron chi connectivity index (χ0n) is 14.6. The minimum absolute atomic E-state index is 0. The molecule has 1 aromatic carbocycles. The Hall–Kier alpha value is -1.38. The molecule has 1 aromatic rings. The van der Waals surface area contributed by atoms with Gasteiger partial charge in [-0.25, -0.2) is 0 Å². The molecule has 0 bridgehead atoms. The van der Waals surface area contributed by atoms with Crippen molar-refractivity contribution in [3.05, 3.63) is 18.2 Å². The molecule has 0 atom stereocenters. The Kier molecular flexibility index (Phi) is 9.66. The number of aliphatic imine (C=N–C) groups is 1. The van der Waals surface area contributed by atoms with Crippen LogP contribution in [0.1, 0.15) is 27.2 Å². The molecule has 0 fully saturated rings. The molecule has 7 heteroatoms. The van der Waals surface area contributed by atoms with Gasteiger partial charge in [-0.05, 0) is 31.4 Å². The molecular weight excluding hydrogens is 421 g/mol. The molecule has 0 spiro atoms. The van der Waals surface area contributed by atoms with E-state index in [9.17, 15) is 0 Å². The molecule has 0 unspecified atom stereocenters. The summed E-state index contributed by atoms with van der Waals surface area (Å²) in [7, 11) is 0. The summed E-state index contributed by atoms with van der Waals surface area (Å²) in [6.07, 6.45) is 1.09. The van der Waals surface area contributed by atoms with E-state index in [0.29, 0.717) is 19.1 Å². The first-order chi connectivity index (χ1) is 11.2. The largest absolute Gasteiger partial charge is 0.492 e. The van der Waals surface area contributed by atoms with Crippen LogP contribution in [0.4, 0.5) is 0 Å². The maximum atomic E-state index is 5.72. The summed E-state index contributed by atoms with van der Waals surface area (Å²) in [5.41, 5.74) is 0. The molecule has 6 nitrogen and oxygen atoms in total. The Bertz CT molecular complexity index is 524. The van der Waals surface area contributed by atoms with Crippen LogP contribution < -0.4 is 24.8 Å². The minimum atomic E-state index is 0. The molecule has 24 heavy (non-hydrogen) atoms. The number of hydrogen-bond acceptors (Lipinski definition) is 4. The first-order valence-corrected chi connectivity index (χ1v) is 8.23. The van der Waals surface area contributed by atoms with Crippen molar-refractivity contribution in [3.63, 3.8) is 0 Å². The van der Waals surface area contributed by atoms with Gasteiger partial charge >= 0.3 is 0 Å². The van der Waals surface area contributed by atoms with Crippen molar-refractivity contribution in [1.29, 1.82) is 0 Å². The molecule has 0 aromatic heterocycles. The average molecular weight is 449 g/mol. The van der Waals surface area contributed by atoms with Crippen LogP contribution in [-0.2, 0) is 0 Å². The van der Waals surface area contributed by atoms with Gasteiger partial charge in [0.15, 0.2) is 17.5 Å². The number of ether oxygens (including phenoxy) is 3. The fourth-order valence-electron chi connectivity index (χ4n) is 2.08. The van der Waals surface area contributed by atoms with E-state index in [2.05, 4.69) is 36.4 Å². The molecule has 2 N–H and O–H groups in total. The number of benzene rings is 1. The van der Waals surface area contributed by atoms with E-state index >= 15 is 0 Å². The predicted molar refractivity (Wildman–Crippen MR) is 107 cm³/mol. The molecule has 0 radical (unpaired) electrons. The van der Waals surface area contributed by atoms with Crippen molar-refractivity contribution in [2.24, 2.45) is 10.9 Å². The van der Waals surface area contributed by atoms with E-state index in [1.54, 1.807) is 0 Å². The van der Waals surface area contributed by atoms with Gasteiger partial charge in [0.05, 0.1) is 6.54 Å². The van der Waals surface area contributed by atoms with E-state index < -0.39 is 0 Å². The average Bonchev–Trinajstić information content (AvgIpc) is 2.98. The summed E-state index contributed by atoms with van der Waals surface area (Å²) >= 11 is 0. The van der Waals surface area contributed by atoms with Crippen molar-refractivity contribution in [2.75, 3.05) is 33.0 Å². The van der Waals surface area contributed by atoms with Crippen LogP contribution in [0.15, 0.2) is 23.2 Å². The zero-order valence-corrected chi connectivity index (χ0v) is 17.0. The van der Waals surface area contributed by atoms with E-state index in [4.69, 9.17) is 14.2 Å². The van der Waals surface area contributed by atoms with E-state index in [0.717, 1.165) is 42.7 Å². The third-order valence-corrected chi connectivity index (χ3v) is 3.33. The van der Waals surface area contributed by atoms with Crippen LogP contribution in [0.25, 0.3) is 0 Å². The van der Waals surface area contributed by atoms with Crippen LogP contribution in [0.2, 0.25) is 0 Å². The summed E-state index contributed by atoms with van der Waals surface area (Å²) in [6, 6.07) is 5.60. The van der Waals surface area contributed by atoms with Crippen LogP contribution in [0.5, 0.6) is 17.2 Å². The monoisotopic (exact) mass is 449 g/mol. The van der Waals surface area contributed by atoms with E-state index in [-0.39, 0.29) is 30.8 Å². The van der Waals surface area contributed by atoms with Crippen molar-refractivity contribution in [2.45, 2.75) is 27.2 Å². The van der Waals surface area contributed by atoms with Crippen molar-refractivity contribution >= 4 is 29.9 Å². The second kappa shape index (κ2) is 11.2. The molecule has 0 amide bonds. The van der Waals surface area contributed by atoms with Gasteiger partial charge in [-0.1, -0.05) is 13.8 Å². The van der Waals surface area contributed by atoms with Crippen molar-refractivity contribution < 1.29 is 14.2 Å². The smallest absolute Gasteiger partial charge is 0.231 e. The molecular formula is C17H28IN3O3. The summed E-state index contributed by atoms with van der Waals surface area (Å²) in [6.45, 7) is 9.65. The SMILES string of the molecule is CCNC(=NCCC(C)C)NCCOc1ccc2c(c1)OCO2.I. The Morgan fingerprint density at radius 1 is 1.25 bits per heavy atom. The first kappa shape index (κ1) is 20.7. The highest BCUT2D eigenvalue weighted by Gasteiger charge is 2.13. The third-order valence-electron chi connectivity index (χ3n) is 3.33. The first-order valence-electron chi connectivity index (χ1n) is 8.23. The highest BCUT2D eigenvalue weighted by molar-refractivity contribution is 14.0. The number of guanidine groups is 1. The third kappa shape index (κ3) is 7.02. The van der Waals surface area contributed by atoms with Crippen molar-refractivity contribution in [3.8, 4) is 17.2 Å². The Morgan fingerprint density at radius 2 is 2.04 bits per heavy atom. The summed E-state index contributed by atoms with van der Waals surface area (Å²) in [5.74, 6) is 3.78. The lowest BCUT2D eigenvalue weighted by atomic mass is 10.1. The van der Waals surface area contributed by atoms with Gasteiger partial charge in [0.2, 0.25) is 6.79 Å². The molecule has 1 heterocycles. The molecule has 1 aliphatic heterocycles. The summed E-state index contributed by atoms with van der Waals surface area (Å²) in [5, 5.41) is 6.51. The number of halogens is 1. The van der Waals surface area contributed by atoms with Gasteiger partial charge in [-0.15, -0.1) is 24.0 Å². The minimum Gasteiger partial charge on any atom is -0.492 e. The van der Waals surface area contributed by atoms with Gasteiger partial charge in [0.1, 0.15) is 12.4 Å². The van der Waals surface area contributed by atoms with Crippen LogP contribution in [-0.4, -0.2) is 39.0 Å². The number of nitrogens with zero attached hydrogens (tertiary/aromatic N) is 1. The number of hydrogen-bond donors (Lipinski definition) is 2. The number of fused-ring (bicyclic) bond motifs is 1. The van der Waals surface area contributed by atoms with Gasteiger partial charge < -0.3 is 24.8 Å². The molecule has 2 rings (SSSR count). The number of rotatable bonds is 8. The second-order valence-electron chi connectivity index (χ2n) is 5.73. The Labute approximate surface area is 161 Å². The Balaban J connectivity index is 0.00000288. The van der Waals surface area contributed by atoms with Crippen LogP contribution >= 0.6 is 24.0 Å². The van der Waals surface area contributed by atoms with E-state index in [1.165, 1.54) is 0 Å². The second-order valence-corrected chi connectivity index (χ2v) is 5.73. The summed E-state index contributed by atoms with van der Waals surface area (Å²) in [4.78, 5) is 4.55. The van der Waals surface area contributed by atoms with Crippen LogP contribution in [0.3, 0.4) is 0 Å². The predicted octanol–water partition coefficient (Wildman–Crippen LogP) is 3.01. The normalized spacial score (nSPS) is 12.8. The van der Waals surface area contributed by atoms with Crippen molar-refractivity contribution in [1.82, 2.24) is 10.6 Å². The van der Waals surface area contributed by atoms with Gasteiger partial charge in [0.25, 0.3) is 0 Å². The molecule has 136 valence electrons. The topological polar surface area (TPSA) is 64.1 Å². The molecule has 1 aliphatic rings. The maximum Gasteiger partial charge on any atom is 0.231 e. The summed E-state index contributed by atoms with van der Waals surface area (Å²) < 4.78 is 16.3. The highest BCUT2D eigenvalue weighted by atomic mass is 127. The Morgan fingerprint density at radius 3 is 2.79 bits per heavy atom. The quantitative estimate of drug-likeness (QED) is 0.277. The van der Waals surface area contributed by atoms with E-state index in [1.807, 2.05) is 18.2 Å². The lowest BCUT2D eigenvalue weighted by Gasteiger charge is -2.12. The maximum absolute atomic E-state index is 5.72. The van der Waals surface area contributed by atoms with Gasteiger partial charge in [-0.3, -0.25) is 4.99 Å². The van der Waals surface area contributed by atoms with Gasteiger partial charge in [0, 0.05) is 19.2 Å². The lowest BCUT2D eigenvalue weighted by molar-refractivity contribution is 0.173. The fourth-order valence-corrected chi connectivity index (χ4v) is 2.08. The fraction of sp³-hybridized carbons (Fsp3) is 0.588. The standard InChI is InChI=1S/C17H27N3O3.HI/c1-4-18-17(19-8-7-13(2)3)20-9-10-21-14-5-6-15-16(11-14)23-12-22-15;/h5-6,11,13H,4,7-10,12H2,1-3H3,(H2,18,19,20);1H. The highest BCUT2D eigenvalue weighted by Crippen LogP contribution is 2.34. The molecule has 0 saturated carbocycles. The molecule has 0 saturated heterocycles. The number of nitrogens with one attached hydrogen (secondary N) is 2. The zero-order chi connectivity index (χ0) is 16.5. The molecule has 0 aliphatic carbocycles. The van der Waals surface area contributed by atoms with Crippen LogP contribution in [0, 0.1) is 5.92 Å². The van der Waals surface area contributed by atoms with Gasteiger partial charge in [-0.2, -0.15) is 0 Å².